The number of carbonyl (C=O) groups is 1. The number of rotatable bonds is 8. The minimum atomic E-state index is -1.11. The van der Waals surface area contributed by atoms with Crippen molar-refractivity contribution in [2.45, 2.75) is 12.8 Å². The summed E-state index contributed by atoms with van der Waals surface area (Å²) in [7, 11) is 0. The predicted octanol–water partition coefficient (Wildman–Crippen LogP) is 5.43. The maximum absolute atomic E-state index is 12.8. The average Bonchev–Trinajstić information content (AvgIpc) is 2.88. The van der Waals surface area contributed by atoms with E-state index in [1.807, 2.05) is 0 Å². The van der Waals surface area contributed by atoms with Gasteiger partial charge in [0, 0.05) is 59.6 Å². The summed E-state index contributed by atoms with van der Waals surface area (Å²) in [5, 5.41) is 22.6. The highest BCUT2D eigenvalue weighted by atomic mass is 16.7. The van der Waals surface area contributed by atoms with E-state index in [1.54, 1.807) is 48.5 Å². The number of non-ortho nitro benzene ring substituents is 2. The van der Waals surface area contributed by atoms with Crippen molar-refractivity contribution in [2.24, 2.45) is 0 Å². The summed E-state index contributed by atoms with van der Waals surface area (Å²) in [5.74, 6) is 0.138. The lowest BCUT2D eigenvalue weighted by molar-refractivity contribution is -0.385. The molecule has 0 atom stereocenters. The predicted molar refractivity (Wildman–Crippen MR) is 140 cm³/mol. The van der Waals surface area contributed by atoms with Crippen LogP contribution in [0.15, 0.2) is 84.9 Å². The lowest BCUT2D eigenvalue weighted by Gasteiger charge is -2.13. The molecule has 0 aromatic heterocycles. The first kappa shape index (κ1) is 25.6. The molecule has 0 spiro atoms. The van der Waals surface area contributed by atoms with Gasteiger partial charge in [0.25, 0.3) is 11.4 Å². The van der Waals surface area contributed by atoms with Crippen molar-refractivity contribution in [1.29, 1.82) is 0 Å². The van der Waals surface area contributed by atoms with Crippen LogP contribution in [0.25, 0.3) is 0 Å². The zero-order valence-electron chi connectivity index (χ0n) is 19.9. The fraction of sp³-hybridized carbons (Fsp3) is 0.0741. The van der Waals surface area contributed by atoms with E-state index in [9.17, 15) is 25.0 Å². The number of nitrogens with zero attached hydrogens (tertiary/aromatic N) is 2. The van der Waals surface area contributed by atoms with Gasteiger partial charge in [-0.15, -0.1) is 0 Å². The molecule has 0 amide bonds. The van der Waals surface area contributed by atoms with Gasteiger partial charge in [0.05, 0.1) is 9.85 Å². The first-order chi connectivity index (χ1) is 18.2. The second kappa shape index (κ2) is 11.1. The van der Waals surface area contributed by atoms with Crippen LogP contribution in [0.5, 0.6) is 11.5 Å². The van der Waals surface area contributed by atoms with Crippen LogP contribution >= 0.6 is 0 Å². The monoisotopic (exact) mass is 514 g/mol. The maximum Gasteiger partial charge on any atom is 0.519 e. The van der Waals surface area contributed by atoms with Gasteiger partial charge in [0.1, 0.15) is 11.5 Å². The van der Waals surface area contributed by atoms with Crippen LogP contribution in [0, 0.1) is 20.2 Å². The van der Waals surface area contributed by atoms with Gasteiger partial charge in [-0.1, -0.05) is 24.3 Å². The van der Waals surface area contributed by atoms with Crippen molar-refractivity contribution >= 4 is 28.9 Å². The Morgan fingerprint density at radius 3 is 1.34 bits per heavy atom. The van der Waals surface area contributed by atoms with E-state index in [0.717, 1.165) is 11.1 Å². The van der Waals surface area contributed by atoms with Crippen molar-refractivity contribution < 1.29 is 24.1 Å². The van der Waals surface area contributed by atoms with Gasteiger partial charge < -0.3 is 20.9 Å². The number of anilines is 2. The van der Waals surface area contributed by atoms with Crippen LogP contribution in [0.1, 0.15) is 22.3 Å². The summed E-state index contributed by atoms with van der Waals surface area (Å²) in [4.78, 5) is 34.3. The number of nitro groups is 2. The molecular formula is C27H22N4O7. The number of hydrogen-bond acceptors (Lipinski definition) is 9. The average molecular weight is 514 g/mol. The van der Waals surface area contributed by atoms with Crippen LogP contribution in [0.3, 0.4) is 0 Å². The van der Waals surface area contributed by atoms with Gasteiger partial charge in [0.15, 0.2) is 0 Å². The zero-order chi connectivity index (χ0) is 27.2. The maximum atomic E-state index is 12.8. The molecule has 0 aliphatic heterocycles. The van der Waals surface area contributed by atoms with Crippen molar-refractivity contribution in [3.63, 3.8) is 0 Å². The molecule has 0 bridgehead atoms. The third-order valence-corrected chi connectivity index (χ3v) is 5.64. The molecule has 192 valence electrons. The quantitative estimate of drug-likeness (QED) is 0.102. The summed E-state index contributed by atoms with van der Waals surface area (Å²) in [6, 6.07) is 21.5. The smallest absolute Gasteiger partial charge is 0.399 e. The van der Waals surface area contributed by atoms with Crippen molar-refractivity contribution in [3.8, 4) is 11.5 Å². The van der Waals surface area contributed by atoms with Crippen LogP contribution < -0.4 is 20.9 Å². The molecule has 0 saturated carbocycles. The molecule has 11 nitrogen and oxygen atoms in total. The molecule has 0 unspecified atom stereocenters. The van der Waals surface area contributed by atoms with Crippen LogP contribution in [-0.2, 0) is 12.8 Å². The fourth-order valence-corrected chi connectivity index (χ4v) is 3.75. The van der Waals surface area contributed by atoms with Crippen molar-refractivity contribution in [2.75, 3.05) is 11.5 Å². The number of ether oxygens (including phenoxy) is 2. The Labute approximate surface area is 216 Å². The van der Waals surface area contributed by atoms with Crippen molar-refractivity contribution in [1.82, 2.24) is 0 Å². The molecule has 0 heterocycles. The normalized spacial score (nSPS) is 10.5. The molecule has 0 saturated heterocycles. The van der Waals surface area contributed by atoms with E-state index in [0.29, 0.717) is 22.5 Å². The first-order valence-corrected chi connectivity index (χ1v) is 11.3. The van der Waals surface area contributed by atoms with Gasteiger partial charge in [-0.05, 0) is 47.5 Å². The molecule has 38 heavy (non-hydrogen) atoms. The topological polar surface area (TPSA) is 174 Å². The second-order valence-electron chi connectivity index (χ2n) is 8.39. The van der Waals surface area contributed by atoms with E-state index in [4.69, 9.17) is 20.9 Å². The molecule has 0 aliphatic rings. The molecule has 11 heteroatoms. The lowest BCUT2D eigenvalue weighted by Crippen LogP contribution is -2.16. The number of nitro benzene ring substituents is 2. The van der Waals surface area contributed by atoms with Crippen LogP contribution in [0.4, 0.5) is 27.5 Å². The molecular weight excluding hydrogens is 492 g/mol. The molecule has 4 aromatic rings. The Bertz CT molecular complexity index is 1390. The van der Waals surface area contributed by atoms with Gasteiger partial charge in [-0.25, -0.2) is 4.79 Å². The Morgan fingerprint density at radius 2 is 1.00 bits per heavy atom. The Hall–Kier alpha value is -5.45. The molecule has 4 rings (SSSR count). The standard InChI is InChI=1S/C27H22N4O7/c28-21-5-1-17(2-6-21)13-19-15-23(30(33)34)9-11-25(19)37-27(32)38-26-12-10-24(31(35)36)16-20(26)14-18-3-7-22(29)8-4-18/h1-12,15-16H,13-14,28-29H2. The minimum Gasteiger partial charge on any atom is -0.399 e. The summed E-state index contributed by atoms with van der Waals surface area (Å²) in [5.41, 5.74) is 14.6. The van der Waals surface area contributed by atoms with E-state index in [-0.39, 0.29) is 35.7 Å². The van der Waals surface area contributed by atoms with Gasteiger partial charge in [-0.2, -0.15) is 0 Å². The molecule has 0 fully saturated rings. The number of nitrogens with two attached hydrogens (primary N) is 2. The highest BCUT2D eigenvalue weighted by Crippen LogP contribution is 2.30. The molecule has 4 N–H and O–H groups in total. The summed E-state index contributed by atoms with van der Waals surface area (Å²) in [6.45, 7) is 0. The lowest BCUT2D eigenvalue weighted by atomic mass is 10.0. The third kappa shape index (κ3) is 6.40. The third-order valence-electron chi connectivity index (χ3n) is 5.64. The van der Waals surface area contributed by atoms with E-state index in [1.165, 1.54) is 36.4 Å². The number of hydrogen-bond donors (Lipinski definition) is 2. The highest BCUT2D eigenvalue weighted by molar-refractivity contribution is 5.69. The second-order valence-corrected chi connectivity index (χ2v) is 8.39. The SMILES string of the molecule is Nc1ccc(Cc2cc([N+](=O)[O-])ccc2OC(=O)Oc2ccc([N+](=O)[O-])cc2Cc2ccc(N)cc2)cc1. The molecule has 4 aromatic carbocycles. The number of nitrogen functional groups attached to an aromatic ring is 2. The number of benzene rings is 4. The van der Waals surface area contributed by atoms with Gasteiger partial charge in [0.2, 0.25) is 0 Å². The first-order valence-electron chi connectivity index (χ1n) is 11.3. The zero-order valence-corrected chi connectivity index (χ0v) is 19.9. The summed E-state index contributed by atoms with van der Waals surface area (Å²) in [6.07, 6.45) is -0.653. The summed E-state index contributed by atoms with van der Waals surface area (Å²) < 4.78 is 10.8. The Morgan fingerprint density at radius 1 is 0.632 bits per heavy atom. The Kier molecular flexibility index (Phi) is 7.48. The van der Waals surface area contributed by atoms with Gasteiger partial charge >= 0.3 is 6.16 Å². The number of carbonyl (C=O) groups excluding carboxylic acids is 1. The van der Waals surface area contributed by atoms with Crippen LogP contribution in [0.2, 0.25) is 0 Å². The molecule has 0 aliphatic carbocycles. The van der Waals surface area contributed by atoms with E-state index in [2.05, 4.69) is 0 Å². The van der Waals surface area contributed by atoms with E-state index >= 15 is 0 Å². The largest absolute Gasteiger partial charge is 0.519 e. The highest BCUT2D eigenvalue weighted by Gasteiger charge is 2.19. The van der Waals surface area contributed by atoms with Gasteiger partial charge in [-0.3, -0.25) is 20.2 Å². The minimum absolute atomic E-state index is 0.0689. The summed E-state index contributed by atoms with van der Waals surface area (Å²) >= 11 is 0. The molecule has 0 radical (unpaired) electrons. The van der Waals surface area contributed by atoms with Crippen molar-refractivity contribution in [3.05, 3.63) is 127 Å². The Balaban J connectivity index is 1.59. The van der Waals surface area contributed by atoms with E-state index < -0.39 is 16.0 Å². The fourth-order valence-electron chi connectivity index (χ4n) is 3.75. The van der Waals surface area contributed by atoms with Crippen LogP contribution in [-0.4, -0.2) is 16.0 Å².